The molecule has 0 unspecified atom stereocenters. The normalized spacial score (nSPS) is 25.4. The summed E-state index contributed by atoms with van der Waals surface area (Å²) in [5.74, 6) is 0.188. The monoisotopic (exact) mass is 283 g/mol. The van der Waals surface area contributed by atoms with Crippen molar-refractivity contribution in [2.45, 2.75) is 62.5 Å². The smallest absolute Gasteiger partial charge is 0.236 e. The summed E-state index contributed by atoms with van der Waals surface area (Å²) in [6.07, 6.45) is 3.40. The van der Waals surface area contributed by atoms with Crippen molar-refractivity contribution >= 4 is 17.7 Å². The van der Waals surface area contributed by atoms with Gasteiger partial charge in [0.1, 0.15) is 0 Å². The lowest BCUT2D eigenvalue weighted by Crippen LogP contribution is -2.50. The molecule has 3 atom stereocenters. The molecule has 0 bridgehead atoms. The van der Waals surface area contributed by atoms with Crippen LogP contribution in [0.3, 0.4) is 0 Å². The standard InChI is InChI=1S/C12H21N5OS/c1-8-6-5-7-9(2)17(8)11(18)10(3)19-12-13-14-15-16(12)4/h8-10H,5-7H2,1-4H3/t8-,9-,10+/m0/s1. The number of aromatic nitrogens is 4. The van der Waals surface area contributed by atoms with E-state index >= 15 is 0 Å². The van der Waals surface area contributed by atoms with E-state index in [2.05, 4.69) is 29.4 Å². The fraction of sp³-hybridized carbons (Fsp3) is 0.833. The molecule has 7 heteroatoms. The summed E-state index contributed by atoms with van der Waals surface area (Å²) in [7, 11) is 1.78. The van der Waals surface area contributed by atoms with Crippen LogP contribution in [0.1, 0.15) is 40.0 Å². The number of hydrogen-bond donors (Lipinski definition) is 0. The maximum absolute atomic E-state index is 12.6. The zero-order chi connectivity index (χ0) is 14.0. The summed E-state index contributed by atoms with van der Waals surface area (Å²) in [5.41, 5.74) is 0. The molecule has 19 heavy (non-hydrogen) atoms. The Morgan fingerprint density at radius 3 is 2.53 bits per heavy atom. The Morgan fingerprint density at radius 1 is 1.37 bits per heavy atom. The van der Waals surface area contributed by atoms with Gasteiger partial charge in [-0.1, -0.05) is 11.8 Å². The summed E-state index contributed by atoms with van der Waals surface area (Å²) in [4.78, 5) is 14.6. The van der Waals surface area contributed by atoms with Gasteiger partial charge >= 0.3 is 0 Å². The molecule has 106 valence electrons. The lowest BCUT2D eigenvalue weighted by molar-refractivity contribution is -0.136. The van der Waals surface area contributed by atoms with Crippen molar-refractivity contribution in [3.8, 4) is 0 Å². The van der Waals surface area contributed by atoms with E-state index in [0.717, 1.165) is 12.8 Å². The first-order valence-corrected chi connectivity index (χ1v) is 7.60. The second-order valence-electron chi connectivity index (χ2n) is 5.22. The second kappa shape index (κ2) is 5.90. The molecule has 0 saturated carbocycles. The molecule has 2 rings (SSSR count). The van der Waals surface area contributed by atoms with Gasteiger partial charge in [-0.2, -0.15) is 0 Å². The van der Waals surface area contributed by atoms with Gasteiger partial charge in [0.25, 0.3) is 0 Å². The van der Waals surface area contributed by atoms with Crippen molar-refractivity contribution in [2.24, 2.45) is 7.05 Å². The van der Waals surface area contributed by atoms with Gasteiger partial charge in [-0.05, 0) is 50.5 Å². The van der Waals surface area contributed by atoms with E-state index in [1.807, 2.05) is 11.8 Å². The molecule has 0 aliphatic carbocycles. The number of piperidine rings is 1. The highest BCUT2D eigenvalue weighted by atomic mass is 32.2. The lowest BCUT2D eigenvalue weighted by Gasteiger charge is -2.40. The van der Waals surface area contributed by atoms with Gasteiger partial charge < -0.3 is 4.90 Å². The van der Waals surface area contributed by atoms with Gasteiger partial charge in [0.15, 0.2) is 0 Å². The van der Waals surface area contributed by atoms with Crippen molar-refractivity contribution in [1.82, 2.24) is 25.1 Å². The minimum Gasteiger partial charge on any atom is -0.336 e. The van der Waals surface area contributed by atoms with Gasteiger partial charge in [-0.25, -0.2) is 4.68 Å². The summed E-state index contributed by atoms with van der Waals surface area (Å²) < 4.78 is 1.59. The quantitative estimate of drug-likeness (QED) is 0.786. The topological polar surface area (TPSA) is 63.9 Å². The van der Waals surface area contributed by atoms with Crippen LogP contribution in [0.25, 0.3) is 0 Å². The van der Waals surface area contributed by atoms with E-state index in [-0.39, 0.29) is 11.2 Å². The Labute approximate surface area is 117 Å². The average molecular weight is 283 g/mol. The fourth-order valence-corrected chi connectivity index (χ4v) is 3.41. The number of rotatable bonds is 3. The molecular weight excluding hydrogens is 262 g/mol. The molecule has 1 aromatic rings. The third-order valence-electron chi connectivity index (χ3n) is 3.66. The summed E-state index contributed by atoms with van der Waals surface area (Å²) >= 11 is 1.42. The van der Waals surface area contributed by atoms with Crippen LogP contribution in [-0.2, 0) is 11.8 Å². The average Bonchev–Trinajstić information content (AvgIpc) is 2.74. The van der Waals surface area contributed by atoms with Crippen LogP contribution in [0.5, 0.6) is 0 Å². The molecule has 6 nitrogen and oxygen atoms in total. The predicted molar refractivity (Wildman–Crippen MR) is 73.7 cm³/mol. The van der Waals surface area contributed by atoms with Crippen molar-refractivity contribution in [1.29, 1.82) is 0 Å². The second-order valence-corrected chi connectivity index (χ2v) is 6.53. The molecule has 1 aliphatic heterocycles. The van der Waals surface area contributed by atoms with Crippen molar-refractivity contribution < 1.29 is 4.79 Å². The minimum absolute atomic E-state index is 0.160. The number of carbonyl (C=O) groups excluding carboxylic acids is 1. The van der Waals surface area contributed by atoms with Crippen LogP contribution in [-0.4, -0.2) is 48.3 Å². The Hall–Kier alpha value is -1.11. The number of thioether (sulfide) groups is 1. The first-order chi connectivity index (χ1) is 9.00. The Morgan fingerprint density at radius 2 is 2.00 bits per heavy atom. The van der Waals surface area contributed by atoms with E-state index < -0.39 is 0 Å². The number of carbonyl (C=O) groups is 1. The number of nitrogens with zero attached hydrogens (tertiary/aromatic N) is 5. The van der Waals surface area contributed by atoms with Crippen molar-refractivity contribution in [3.63, 3.8) is 0 Å². The first kappa shape index (κ1) is 14.3. The highest BCUT2D eigenvalue weighted by Crippen LogP contribution is 2.27. The molecule has 0 radical (unpaired) electrons. The van der Waals surface area contributed by atoms with Gasteiger partial charge in [0.2, 0.25) is 11.1 Å². The number of tetrazole rings is 1. The summed E-state index contributed by atoms with van der Waals surface area (Å²) in [5, 5.41) is 11.8. The van der Waals surface area contributed by atoms with Crippen LogP contribution < -0.4 is 0 Å². The SMILES string of the molecule is C[C@@H](Sc1nnnn1C)C(=O)N1[C@@H](C)CCC[C@@H]1C. The van der Waals surface area contributed by atoms with Gasteiger partial charge in [0, 0.05) is 19.1 Å². The van der Waals surface area contributed by atoms with Crippen LogP contribution in [0.15, 0.2) is 5.16 Å². The van der Waals surface area contributed by atoms with E-state index in [1.165, 1.54) is 18.2 Å². The maximum atomic E-state index is 12.6. The van der Waals surface area contributed by atoms with Crippen molar-refractivity contribution in [2.75, 3.05) is 0 Å². The largest absolute Gasteiger partial charge is 0.336 e. The van der Waals surface area contributed by atoms with Gasteiger partial charge in [-0.15, -0.1) is 5.10 Å². The number of likely N-dealkylation sites (tertiary alicyclic amines) is 1. The van der Waals surface area contributed by atoms with Crippen LogP contribution in [0.4, 0.5) is 0 Å². The summed E-state index contributed by atoms with van der Waals surface area (Å²) in [6, 6.07) is 0.661. The predicted octanol–water partition coefficient (Wildman–Crippen LogP) is 1.48. The molecule has 1 aliphatic rings. The minimum atomic E-state index is -0.160. The van der Waals surface area contributed by atoms with Gasteiger partial charge in [0.05, 0.1) is 5.25 Å². The Bertz CT molecular complexity index is 439. The summed E-state index contributed by atoms with van der Waals surface area (Å²) in [6.45, 7) is 6.19. The molecule has 1 fully saturated rings. The van der Waals surface area contributed by atoms with Crippen LogP contribution >= 0.6 is 11.8 Å². The zero-order valence-corrected chi connectivity index (χ0v) is 12.7. The molecule has 1 saturated heterocycles. The Balaban J connectivity index is 2.04. The number of hydrogen-bond acceptors (Lipinski definition) is 5. The van der Waals surface area contributed by atoms with Gasteiger partial charge in [-0.3, -0.25) is 4.79 Å². The number of aryl methyl sites for hydroxylation is 1. The highest BCUT2D eigenvalue weighted by molar-refractivity contribution is 8.00. The molecule has 0 aromatic carbocycles. The Kier molecular flexibility index (Phi) is 4.44. The molecular formula is C12H21N5OS. The lowest BCUT2D eigenvalue weighted by atomic mass is 9.97. The zero-order valence-electron chi connectivity index (χ0n) is 11.9. The molecule has 1 aromatic heterocycles. The third kappa shape index (κ3) is 3.08. The van der Waals surface area contributed by atoms with Crippen molar-refractivity contribution in [3.05, 3.63) is 0 Å². The third-order valence-corrected chi connectivity index (χ3v) is 4.77. The molecule has 2 heterocycles. The maximum Gasteiger partial charge on any atom is 0.236 e. The van der Waals surface area contributed by atoms with E-state index in [0.29, 0.717) is 17.2 Å². The van der Waals surface area contributed by atoms with E-state index in [1.54, 1.807) is 11.7 Å². The first-order valence-electron chi connectivity index (χ1n) is 6.72. The number of amides is 1. The fourth-order valence-electron chi connectivity index (χ4n) is 2.60. The highest BCUT2D eigenvalue weighted by Gasteiger charge is 2.32. The molecule has 1 amide bonds. The molecule has 0 N–H and O–H groups in total. The molecule has 0 spiro atoms. The van der Waals surface area contributed by atoms with Crippen LogP contribution in [0, 0.1) is 0 Å². The van der Waals surface area contributed by atoms with E-state index in [4.69, 9.17) is 0 Å². The van der Waals surface area contributed by atoms with Crippen LogP contribution in [0.2, 0.25) is 0 Å². The van der Waals surface area contributed by atoms with E-state index in [9.17, 15) is 4.79 Å².